The maximum absolute atomic E-state index is 12.6. The van der Waals surface area contributed by atoms with Gasteiger partial charge in [-0.2, -0.15) is 0 Å². The average molecular weight is 210 g/mol. The molecule has 0 heterocycles. The molecule has 0 fully saturated rings. The molecule has 3 N–H and O–H groups in total. The molecule has 0 radical (unpaired) electrons. The van der Waals surface area contributed by atoms with Crippen LogP contribution < -0.4 is 11.1 Å². The largest absolute Gasteiger partial charge is 0.348 e. The Hall–Kier alpha value is -1.42. The highest BCUT2D eigenvalue weighted by atomic mass is 19.1. The first kappa shape index (κ1) is 11.7. The first-order chi connectivity index (χ1) is 7.00. The van der Waals surface area contributed by atoms with E-state index in [1.54, 1.807) is 19.1 Å². The summed E-state index contributed by atoms with van der Waals surface area (Å²) in [6.07, 6.45) is 0. The van der Waals surface area contributed by atoms with Gasteiger partial charge in [-0.05, 0) is 31.5 Å². The van der Waals surface area contributed by atoms with E-state index in [0.29, 0.717) is 0 Å². The molecule has 4 heteroatoms. The third kappa shape index (κ3) is 3.32. The number of rotatable bonds is 3. The molecular formula is C11H15FN2O. The van der Waals surface area contributed by atoms with Crippen LogP contribution in [0, 0.1) is 5.82 Å². The second-order valence-electron chi connectivity index (χ2n) is 3.57. The highest BCUT2D eigenvalue weighted by Crippen LogP contribution is 2.12. The standard InChI is InChI=1S/C11H15FN2O/c1-7(13)11(15)14-8(2)9-3-5-10(12)6-4-9/h3-8H,13H2,1-2H3,(H,14,15)/t7-,8?/m1/s1. The summed E-state index contributed by atoms with van der Waals surface area (Å²) < 4.78 is 12.6. The van der Waals surface area contributed by atoms with Crippen molar-refractivity contribution in [1.29, 1.82) is 0 Å². The molecule has 0 aliphatic carbocycles. The Morgan fingerprint density at radius 2 is 1.87 bits per heavy atom. The Kier molecular flexibility index (Phi) is 3.80. The Morgan fingerprint density at radius 3 is 2.33 bits per heavy atom. The fourth-order valence-electron chi connectivity index (χ4n) is 1.18. The molecule has 0 aliphatic heterocycles. The van der Waals surface area contributed by atoms with Gasteiger partial charge in [0.1, 0.15) is 5.82 Å². The second-order valence-corrected chi connectivity index (χ2v) is 3.57. The minimum atomic E-state index is -0.534. The van der Waals surface area contributed by atoms with Crippen molar-refractivity contribution in [2.45, 2.75) is 25.9 Å². The molecule has 1 amide bonds. The van der Waals surface area contributed by atoms with Crippen LogP contribution in [0.4, 0.5) is 4.39 Å². The van der Waals surface area contributed by atoms with E-state index in [9.17, 15) is 9.18 Å². The van der Waals surface area contributed by atoms with Gasteiger partial charge < -0.3 is 11.1 Å². The molecule has 1 rings (SSSR count). The lowest BCUT2D eigenvalue weighted by Gasteiger charge is -2.15. The molecule has 0 aromatic heterocycles. The van der Waals surface area contributed by atoms with Gasteiger partial charge in [0.25, 0.3) is 0 Å². The zero-order valence-corrected chi connectivity index (χ0v) is 8.83. The number of hydrogen-bond acceptors (Lipinski definition) is 2. The SMILES string of the molecule is CC(NC(=O)[C@@H](C)N)c1ccc(F)cc1. The van der Waals surface area contributed by atoms with Crippen molar-refractivity contribution in [3.8, 4) is 0 Å². The van der Waals surface area contributed by atoms with E-state index in [1.807, 2.05) is 6.92 Å². The summed E-state index contributed by atoms with van der Waals surface area (Å²) in [5, 5.41) is 2.73. The Balaban J connectivity index is 2.65. The topological polar surface area (TPSA) is 55.1 Å². The number of amides is 1. The van der Waals surface area contributed by atoms with Gasteiger partial charge in [-0.25, -0.2) is 4.39 Å². The lowest BCUT2D eigenvalue weighted by Crippen LogP contribution is -2.39. The fourth-order valence-corrected chi connectivity index (χ4v) is 1.18. The van der Waals surface area contributed by atoms with Crippen molar-refractivity contribution in [3.63, 3.8) is 0 Å². The summed E-state index contributed by atoms with van der Waals surface area (Å²) in [5.74, 6) is -0.503. The van der Waals surface area contributed by atoms with E-state index in [0.717, 1.165) is 5.56 Å². The molecular weight excluding hydrogens is 195 g/mol. The fraction of sp³-hybridized carbons (Fsp3) is 0.364. The van der Waals surface area contributed by atoms with Gasteiger partial charge in [-0.15, -0.1) is 0 Å². The van der Waals surface area contributed by atoms with Crippen molar-refractivity contribution < 1.29 is 9.18 Å². The van der Waals surface area contributed by atoms with Gasteiger partial charge in [-0.1, -0.05) is 12.1 Å². The molecule has 0 aliphatic rings. The van der Waals surface area contributed by atoms with E-state index in [4.69, 9.17) is 5.73 Å². The maximum atomic E-state index is 12.6. The lowest BCUT2D eigenvalue weighted by molar-refractivity contribution is -0.122. The van der Waals surface area contributed by atoms with Gasteiger partial charge in [0.2, 0.25) is 5.91 Å². The third-order valence-electron chi connectivity index (χ3n) is 2.14. The van der Waals surface area contributed by atoms with Crippen LogP contribution in [-0.4, -0.2) is 11.9 Å². The van der Waals surface area contributed by atoms with E-state index in [-0.39, 0.29) is 17.8 Å². The zero-order chi connectivity index (χ0) is 11.4. The first-order valence-electron chi connectivity index (χ1n) is 4.82. The van der Waals surface area contributed by atoms with Crippen LogP contribution in [0.2, 0.25) is 0 Å². The van der Waals surface area contributed by atoms with Crippen molar-refractivity contribution >= 4 is 5.91 Å². The van der Waals surface area contributed by atoms with Gasteiger partial charge in [0, 0.05) is 0 Å². The molecule has 15 heavy (non-hydrogen) atoms. The van der Waals surface area contributed by atoms with E-state index < -0.39 is 6.04 Å². The minimum absolute atomic E-state index is 0.163. The zero-order valence-electron chi connectivity index (χ0n) is 8.83. The lowest BCUT2D eigenvalue weighted by atomic mass is 10.1. The van der Waals surface area contributed by atoms with Crippen LogP contribution in [0.15, 0.2) is 24.3 Å². The van der Waals surface area contributed by atoms with Crippen molar-refractivity contribution in [3.05, 3.63) is 35.6 Å². The van der Waals surface area contributed by atoms with Crippen LogP contribution in [-0.2, 0) is 4.79 Å². The number of carbonyl (C=O) groups is 1. The van der Waals surface area contributed by atoms with Crippen LogP contribution in [0.25, 0.3) is 0 Å². The summed E-state index contributed by atoms with van der Waals surface area (Å²) in [7, 11) is 0. The van der Waals surface area contributed by atoms with Crippen LogP contribution in [0.5, 0.6) is 0 Å². The highest BCUT2D eigenvalue weighted by Gasteiger charge is 2.12. The summed E-state index contributed by atoms with van der Waals surface area (Å²) in [4.78, 5) is 11.3. The summed E-state index contributed by atoms with van der Waals surface area (Å²) in [6.45, 7) is 3.44. The quantitative estimate of drug-likeness (QED) is 0.791. The Labute approximate surface area is 88.5 Å². The predicted octanol–water partition coefficient (Wildman–Crippen LogP) is 1.35. The molecule has 1 unspecified atom stereocenters. The smallest absolute Gasteiger partial charge is 0.237 e. The predicted molar refractivity (Wildman–Crippen MR) is 56.6 cm³/mol. The van der Waals surface area contributed by atoms with E-state index in [1.165, 1.54) is 12.1 Å². The van der Waals surface area contributed by atoms with E-state index in [2.05, 4.69) is 5.32 Å². The molecule has 3 nitrogen and oxygen atoms in total. The molecule has 2 atom stereocenters. The summed E-state index contributed by atoms with van der Waals surface area (Å²) >= 11 is 0. The minimum Gasteiger partial charge on any atom is -0.348 e. The van der Waals surface area contributed by atoms with Crippen molar-refractivity contribution in [2.24, 2.45) is 5.73 Å². The molecule has 1 aromatic rings. The monoisotopic (exact) mass is 210 g/mol. The summed E-state index contributed by atoms with van der Waals surface area (Å²) in [6, 6.07) is 5.31. The van der Waals surface area contributed by atoms with Crippen LogP contribution in [0.3, 0.4) is 0 Å². The van der Waals surface area contributed by atoms with E-state index >= 15 is 0 Å². The van der Waals surface area contributed by atoms with Crippen LogP contribution >= 0.6 is 0 Å². The Bertz CT molecular complexity index is 335. The molecule has 0 saturated heterocycles. The first-order valence-corrected chi connectivity index (χ1v) is 4.82. The molecule has 0 bridgehead atoms. The normalized spacial score (nSPS) is 14.4. The molecule has 0 saturated carbocycles. The average Bonchev–Trinajstić information content (AvgIpc) is 2.18. The summed E-state index contributed by atoms with van der Waals surface area (Å²) in [5.41, 5.74) is 6.27. The van der Waals surface area contributed by atoms with Crippen LogP contribution in [0.1, 0.15) is 25.5 Å². The molecule has 0 spiro atoms. The van der Waals surface area contributed by atoms with Gasteiger partial charge in [0.15, 0.2) is 0 Å². The van der Waals surface area contributed by atoms with Crippen molar-refractivity contribution in [1.82, 2.24) is 5.32 Å². The van der Waals surface area contributed by atoms with Gasteiger partial charge in [-0.3, -0.25) is 4.79 Å². The van der Waals surface area contributed by atoms with Gasteiger partial charge >= 0.3 is 0 Å². The number of benzene rings is 1. The number of halogens is 1. The third-order valence-corrected chi connectivity index (χ3v) is 2.14. The molecule has 82 valence electrons. The second kappa shape index (κ2) is 4.89. The molecule has 1 aromatic carbocycles. The maximum Gasteiger partial charge on any atom is 0.237 e. The van der Waals surface area contributed by atoms with Gasteiger partial charge in [0.05, 0.1) is 12.1 Å². The number of nitrogens with one attached hydrogen (secondary N) is 1. The number of nitrogens with two attached hydrogens (primary N) is 1. The number of carbonyl (C=O) groups excluding carboxylic acids is 1. The highest BCUT2D eigenvalue weighted by molar-refractivity contribution is 5.81. The van der Waals surface area contributed by atoms with Crippen molar-refractivity contribution in [2.75, 3.05) is 0 Å². The Morgan fingerprint density at radius 1 is 1.33 bits per heavy atom. The number of hydrogen-bond donors (Lipinski definition) is 2.